The van der Waals surface area contributed by atoms with Crippen LogP contribution in [-0.4, -0.2) is 21.0 Å². The minimum atomic E-state index is -0.855. The summed E-state index contributed by atoms with van der Waals surface area (Å²) in [6, 6.07) is 10.1. The molecule has 1 heterocycles. The third kappa shape index (κ3) is 3.81. The molecule has 0 aliphatic rings. The Bertz CT molecular complexity index is 592. The molecule has 0 unspecified atom stereocenters. The predicted octanol–water partition coefficient (Wildman–Crippen LogP) is 3.01. The van der Waals surface area contributed by atoms with Crippen molar-refractivity contribution in [2.75, 3.05) is 0 Å². The fourth-order valence-corrected chi connectivity index (χ4v) is 2.72. The smallest absolute Gasteiger partial charge is 0.307 e. The van der Waals surface area contributed by atoms with Gasteiger partial charge in [-0.1, -0.05) is 18.2 Å². The lowest BCUT2D eigenvalue weighted by molar-refractivity contribution is -0.136. The van der Waals surface area contributed by atoms with Crippen LogP contribution in [0.3, 0.4) is 0 Å². The second kappa shape index (κ2) is 6.52. The zero-order valence-corrected chi connectivity index (χ0v) is 12.3. The Balaban J connectivity index is 2.12. The molecular formula is C15H16N2O2S. The van der Waals surface area contributed by atoms with Crippen LogP contribution in [0.4, 0.5) is 0 Å². The number of carboxylic acids is 1. The largest absolute Gasteiger partial charge is 0.481 e. The maximum atomic E-state index is 10.8. The van der Waals surface area contributed by atoms with Crippen molar-refractivity contribution in [2.45, 2.75) is 30.9 Å². The first-order valence-electron chi connectivity index (χ1n) is 6.29. The third-order valence-corrected chi connectivity index (χ3v) is 3.91. The molecule has 20 heavy (non-hydrogen) atoms. The van der Waals surface area contributed by atoms with Crippen LogP contribution in [0.5, 0.6) is 0 Å². The zero-order valence-electron chi connectivity index (χ0n) is 11.5. The number of nitrogens with zero attached hydrogens (tertiary/aromatic N) is 2. The van der Waals surface area contributed by atoms with Gasteiger partial charge in [0.05, 0.1) is 12.2 Å². The molecule has 0 bridgehead atoms. The van der Waals surface area contributed by atoms with Crippen LogP contribution in [0.15, 0.2) is 35.2 Å². The van der Waals surface area contributed by atoms with Crippen molar-refractivity contribution in [3.8, 4) is 0 Å². The van der Waals surface area contributed by atoms with Gasteiger partial charge in [-0.15, -0.1) is 11.8 Å². The molecule has 0 amide bonds. The van der Waals surface area contributed by atoms with Crippen LogP contribution in [0.25, 0.3) is 0 Å². The highest BCUT2D eigenvalue weighted by atomic mass is 32.2. The number of carboxylic acid groups (broad SMARTS) is 1. The summed E-state index contributed by atoms with van der Waals surface area (Å²) in [5.74, 6) is 0.563. The second-order valence-corrected chi connectivity index (χ2v) is 5.51. The lowest BCUT2D eigenvalue weighted by Gasteiger charge is -2.09. The van der Waals surface area contributed by atoms with Gasteiger partial charge in [0.25, 0.3) is 0 Å². The summed E-state index contributed by atoms with van der Waals surface area (Å²) in [6.45, 7) is 3.67. The van der Waals surface area contributed by atoms with Crippen molar-refractivity contribution in [3.05, 3.63) is 53.1 Å². The summed E-state index contributed by atoms with van der Waals surface area (Å²) < 4.78 is 0. The molecule has 4 nitrogen and oxygen atoms in total. The van der Waals surface area contributed by atoms with Crippen LogP contribution < -0.4 is 0 Å². The number of hydrogen-bond donors (Lipinski definition) is 1. The van der Waals surface area contributed by atoms with Gasteiger partial charge in [0.15, 0.2) is 0 Å². The van der Waals surface area contributed by atoms with Gasteiger partial charge in [0.2, 0.25) is 0 Å². The molecule has 5 heteroatoms. The topological polar surface area (TPSA) is 63.1 Å². The van der Waals surface area contributed by atoms with Gasteiger partial charge >= 0.3 is 5.97 Å². The van der Waals surface area contributed by atoms with Gasteiger partial charge in [-0.05, 0) is 26.0 Å². The minimum absolute atomic E-state index is 0.0240. The fourth-order valence-electron chi connectivity index (χ4n) is 1.95. The first kappa shape index (κ1) is 14.5. The average Bonchev–Trinajstić information content (AvgIpc) is 2.41. The monoisotopic (exact) mass is 288 g/mol. The van der Waals surface area contributed by atoms with Crippen LogP contribution in [0.2, 0.25) is 0 Å². The highest BCUT2D eigenvalue weighted by Gasteiger charge is 2.11. The molecule has 0 aliphatic carbocycles. The Hall–Kier alpha value is -1.88. The molecule has 0 fully saturated rings. The standard InChI is InChI=1S/C15H16N2O2S/c1-10-13(8-15(18)19)11(2)17-14(16-10)9-20-12-6-4-3-5-7-12/h3-7H,8-9H2,1-2H3,(H,18,19). The van der Waals surface area contributed by atoms with E-state index in [1.54, 1.807) is 11.8 Å². The molecule has 0 spiro atoms. The number of aliphatic carboxylic acids is 1. The average molecular weight is 288 g/mol. The molecule has 0 atom stereocenters. The Morgan fingerprint density at radius 2 is 1.75 bits per heavy atom. The highest BCUT2D eigenvalue weighted by molar-refractivity contribution is 7.98. The molecule has 0 saturated carbocycles. The SMILES string of the molecule is Cc1nc(CSc2ccccc2)nc(C)c1CC(=O)O. The molecule has 1 aromatic heterocycles. The van der Waals surface area contributed by atoms with Crippen molar-refractivity contribution in [1.29, 1.82) is 0 Å². The number of benzene rings is 1. The summed E-state index contributed by atoms with van der Waals surface area (Å²) >= 11 is 1.67. The molecule has 1 aromatic carbocycles. The number of thioether (sulfide) groups is 1. The highest BCUT2D eigenvalue weighted by Crippen LogP contribution is 2.21. The van der Waals surface area contributed by atoms with E-state index in [1.165, 1.54) is 4.90 Å². The van der Waals surface area contributed by atoms with E-state index in [4.69, 9.17) is 5.11 Å². The van der Waals surface area contributed by atoms with E-state index >= 15 is 0 Å². The summed E-state index contributed by atoms with van der Waals surface area (Å²) in [5, 5.41) is 8.88. The maximum Gasteiger partial charge on any atom is 0.307 e. The van der Waals surface area contributed by atoms with Gasteiger partial charge in [-0.25, -0.2) is 9.97 Å². The van der Waals surface area contributed by atoms with E-state index in [9.17, 15) is 4.79 Å². The Morgan fingerprint density at radius 1 is 1.15 bits per heavy atom. The first-order valence-corrected chi connectivity index (χ1v) is 7.27. The van der Waals surface area contributed by atoms with E-state index in [-0.39, 0.29) is 6.42 Å². The zero-order chi connectivity index (χ0) is 14.5. The summed E-state index contributed by atoms with van der Waals surface area (Å²) in [4.78, 5) is 20.8. The van der Waals surface area contributed by atoms with E-state index in [0.717, 1.165) is 17.2 Å². The molecule has 0 aliphatic heterocycles. The van der Waals surface area contributed by atoms with E-state index in [2.05, 4.69) is 9.97 Å². The maximum absolute atomic E-state index is 10.8. The molecule has 2 aromatic rings. The molecule has 104 valence electrons. The fraction of sp³-hybridized carbons (Fsp3) is 0.267. The minimum Gasteiger partial charge on any atom is -0.481 e. The molecule has 1 N–H and O–H groups in total. The van der Waals surface area contributed by atoms with Crippen molar-refractivity contribution >= 4 is 17.7 Å². The van der Waals surface area contributed by atoms with Crippen LogP contribution >= 0.6 is 11.8 Å². The van der Waals surface area contributed by atoms with Crippen molar-refractivity contribution in [1.82, 2.24) is 9.97 Å². The number of hydrogen-bond acceptors (Lipinski definition) is 4. The van der Waals surface area contributed by atoms with Gasteiger partial charge < -0.3 is 5.11 Å². The lowest BCUT2D eigenvalue weighted by atomic mass is 10.1. The summed E-state index contributed by atoms with van der Waals surface area (Å²) in [6.07, 6.45) is -0.0240. The molecule has 0 saturated heterocycles. The van der Waals surface area contributed by atoms with Crippen LogP contribution in [-0.2, 0) is 17.0 Å². The molecule has 2 rings (SSSR count). The van der Waals surface area contributed by atoms with Gasteiger partial charge in [-0.3, -0.25) is 4.79 Å². The van der Waals surface area contributed by atoms with E-state index < -0.39 is 5.97 Å². The molecular weight excluding hydrogens is 272 g/mol. The quantitative estimate of drug-likeness (QED) is 0.857. The van der Waals surface area contributed by atoms with Crippen molar-refractivity contribution in [3.63, 3.8) is 0 Å². The lowest BCUT2D eigenvalue weighted by Crippen LogP contribution is -2.09. The predicted molar refractivity (Wildman–Crippen MR) is 78.8 cm³/mol. The Kier molecular flexibility index (Phi) is 4.74. The third-order valence-electron chi connectivity index (χ3n) is 2.91. The van der Waals surface area contributed by atoms with Gasteiger partial charge in [0, 0.05) is 21.8 Å². The summed E-state index contributed by atoms with van der Waals surface area (Å²) in [7, 11) is 0. The normalized spacial score (nSPS) is 10.5. The van der Waals surface area contributed by atoms with Crippen molar-refractivity contribution in [2.24, 2.45) is 0 Å². The molecule has 0 radical (unpaired) electrons. The van der Waals surface area contributed by atoms with E-state index in [1.807, 2.05) is 44.2 Å². The van der Waals surface area contributed by atoms with Gasteiger partial charge in [-0.2, -0.15) is 0 Å². The number of carbonyl (C=O) groups is 1. The second-order valence-electron chi connectivity index (χ2n) is 4.46. The summed E-state index contributed by atoms with van der Waals surface area (Å²) in [5.41, 5.74) is 2.22. The Labute approximate surface area is 122 Å². The van der Waals surface area contributed by atoms with Gasteiger partial charge in [0.1, 0.15) is 5.82 Å². The van der Waals surface area contributed by atoms with E-state index in [0.29, 0.717) is 11.3 Å². The van der Waals surface area contributed by atoms with Crippen LogP contribution in [0.1, 0.15) is 22.8 Å². The first-order chi connectivity index (χ1) is 9.56. The number of aromatic nitrogens is 2. The number of rotatable bonds is 5. The number of aryl methyl sites for hydroxylation is 2. The Morgan fingerprint density at radius 3 is 2.30 bits per heavy atom. The van der Waals surface area contributed by atoms with Crippen molar-refractivity contribution < 1.29 is 9.90 Å². The van der Waals surface area contributed by atoms with Crippen LogP contribution in [0, 0.1) is 13.8 Å².